The van der Waals surface area contributed by atoms with Gasteiger partial charge in [-0.15, -0.1) is 0 Å². The smallest absolute Gasteiger partial charge is 0.122 e. The predicted molar refractivity (Wildman–Crippen MR) is 71.7 cm³/mol. The van der Waals surface area contributed by atoms with Crippen molar-refractivity contribution in [3.8, 4) is 5.75 Å². The summed E-state index contributed by atoms with van der Waals surface area (Å²) in [6, 6.07) is 7.85. The summed E-state index contributed by atoms with van der Waals surface area (Å²) in [6.45, 7) is 5.33. The zero-order valence-electron chi connectivity index (χ0n) is 11.4. The second-order valence-corrected chi connectivity index (χ2v) is 4.82. The highest BCUT2D eigenvalue weighted by Crippen LogP contribution is 2.14. The molecule has 0 fully saturated rings. The maximum Gasteiger partial charge on any atom is 0.122 e. The van der Waals surface area contributed by atoms with E-state index in [1.54, 1.807) is 7.11 Å². The number of carbonyl (C=O) groups is 1. The maximum absolute atomic E-state index is 10.5. The molecule has 1 aromatic rings. The van der Waals surface area contributed by atoms with E-state index in [1.165, 1.54) is 0 Å². The predicted octanol–water partition coefficient (Wildman–Crippen LogP) is 3.07. The van der Waals surface area contributed by atoms with E-state index in [0.717, 1.165) is 24.0 Å². The van der Waals surface area contributed by atoms with Crippen LogP contribution in [0, 0.1) is 11.8 Å². The number of benzene rings is 1. The zero-order chi connectivity index (χ0) is 13.4. The van der Waals surface area contributed by atoms with Crippen LogP contribution in [0.4, 0.5) is 0 Å². The lowest BCUT2D eigenvalue weighted by molar-refractivity contribution is -0.111. The summed E-state index contributed by atoms with van der Waals surface area (Å²) < 4.78 is 10.7. The summed E-state index contributed by atoms with van der Waals surface area (Å²) in [5.74, 6) is 1.37. The van der Waals surface area contributed by atoms with E-state index in [-0.39, 0.29) is 5.92 Å². The van der Waals surface area contributed by atoms with Gasteiger partial charge in [-0.1, -0.05) is 26.0 Å². The van der Waals surface area contributed by atoms with Gasteiger partial charge in [0.05, 0.1) is 13.7 Å². The third-order valence-electron chi connectivity index (χ3n) is 2.84. The standard InChI is InChI=1S/C15H22O3/c1-12(9-16)8-13(2)10-18-11-14-4-6-15(17-3)7-5-14/h4-7,9,12-13H,8,10-11H2,1-3H3/t12-,13+/m0/s1. The molecular weight excluding hydrogens is 228 g/mol. The lowest BCUT2D eigenvalue weighted by Crippen LogP contribution is -2.10. The van der Waals surface area contributed by atoms with Crippen LogP contribution >= 0.6 is 0 Å². The van der Waals surface area contributed by atoms with Crippen molar-refractivity contribution in [1.82, 2.24) is 0 Å². The zero-order valence-corrected chi connectivity index (χ0v) is 11.4. The third kappa shape index (κ3) is 5.32. The Morgan fingerprint density at radius 1 is 1.22 bits per heavy atom. The summed E-state index contributed by atoms with van der Waals surface area (Å²) in [7, 11) is 1.65. The largest absolute Gasteiger partial charge is 0.497 e. The monoisotopic (exact) mass is 250 g/mol. The SMILES string of the molecule is COc1ccc(COC[C@H](C)C[C@H](C)C=O)cc1. The Labute approximate surface area is 109 Å². The Bertz CT molecular complexity index is 345. The van der Waals surface area contributed by atoms with Gasteiger partial charge in [0, 0.05) is 12.5 Å². The number of aldehydes is 1. The lowest BCUT2D eigenvalue weighted by Gasteiger charge is -2.13. The molecule has 0 heterocycles. The summed E-state index contributed by atoms with van der Waals surface area (Å²) in [5, 5.41) is 0. The topological polar surface area (TPSA) is 35.5 Å². The molecule has 0 unspecified atom stereocenters. The molecule has 0 radical (unpaired) electrons. The molecule has 0 amide bonds. The number of methoxy groups -OCH3 is 1. The molecule has 0 aliphatic rings. The molecule has 1 aromatic carbocycles. The van der Waals surface area contributed by atoms with E-state index in [9.17, 15) is 4.79 Å². The molecule has 0 spiro atoms. The van der Waals surface area contributed by atoms with Gasteiger partial charge in [0.2, 0.25) is 0 Å². The van der Waals surface area contributed by atoms with Gasteiger partial charge in [0.15, 0.2) is 0 Å². The normalized spacial score (nSPS) is 13.9. The minimum atomic E-state index is 0.115. The van der Waals surface area contributed by atoms with E-state index in [2.05, 4.69) is 6.92 Å². The summed E-state index contributed by atoms with van der Waals surface area (Å²) in [6.07, 6.45) is 1.88. The van der Waals surface area contributed by atoms with E-state index in [4.69, 9.17) is 9.47 Å². The molecule has 100 valence electrons. The van der Waals surface area contributed by atoms with Gasteiger partial charge in [-0.3, -0.25) is 0 Å². The fourth-order valence-corrected chi connectivity index (χ4v) is 1.86. The average molecular weight is 250 g/mol. The fourth-order valence-electron chi connectivity index (χ4n) is 1.86. The molecule has 3 heteroatoms. The van der Waals surface area contributed by atoms with Crippen molar-refractivity contribution >= 4 is 6.29 Å². The van der Waals surface area contributed by atoms with Crippen molar-refractivity contribution in [2.75, 3.05) is 13.7 Å². The van der Waals surface area contributed by atoms with E-state index in [0.29, 0.717) is 19.1 Å². The van der Waals surface area contributed by atoms with Gasteiger partial charge in [-0.05, 0) is 30.0 Å². The van der Waals surface area contributed by atoms with Crippen LogP contribution < -0.4 is 4.74 Å². The highest BCUT2D eigenvalue weighted by Gasteiger charge is 2.08. The van der Waals surface area contributed by atoms with Gasteiger partial charge in [0.25, 0.3) is 0 Å². The number of hydrogen-bond acceptors (Lipinski definition) is 3. The van der Waals surface area contributed by atoms with Crippen LogP contribution in [0.1, 0.15) is 25.8 Å². The molecule has 18 heavy (non-hydrogen) atoms. The molecule has 0 saturated carbocycles. The second-order valence-electron chi connectivity index (χ2n) is 4.82. The van der Waals surface area contributed by atoms with Crippen LogP contribution in [0.5, 0.6) is 5.75 Å². The highest BCUT2D eigenvalue weighted by molar-refractivity contribution is 5.52. The van der Waals surface area contributed by atoms with Crippen molar-refractivity contribution in [2.24, 2.45) is 11.8 Å². The van der Waals surface area contributed by atoms with Crippen molar-refractivity contribution in [3.05, 3.63) is 29.8 Å². The average Bonchev–Trinajstić information content (AvgIpc) is 2.39. The lowest BCUT2D eigenvalue weighted by atomic mass is 9.99. The second kappa shape index (κ2) is 7.88. The number of carbonyl (C=O) groups excluding carboxylic acids is 1. The van der Waals surface area contributed by atoms with Crippen LogP contribution in [0.2, 0.25) is 0 Å². The first-order chi connectivity index (χ1) is 8.65. The van der Waals surface area contributed by atoms with Crippen LogP contribution in [0.3, 0.4) is 0 Å². The van der Waals surface area contributed by atoms with Crippen molar-refractivity contribution in [1.29, 1.82) is 0 Å². The van der Waals surface area contributed by atoms with Crippen LogP contribution in [0.15, 0.2) is 24.3 Å². The number of hydrogen-bond donors (Lipinski definition) is 0. The Balaban J connectivity index is 2.26. The molecular formula is C15H22O3. The molecule has 0 saturated heterocycles. The van der Waals surface area contributed by atoms with Gasteiger partial charge < -0.3 is 14.3 Å². The van der Waals surface area contributed by atoms with Crippen molar-refractivity contribution in [3.63, 3.8) is 0 Å². The molecule has 3 nitrogen and oxygen atoms in total. The molecule has 2 atom stereocenters. The quantitative estimate of drug-likeness (QED) is 0.665. The van der Waals surface area contributed by atoms with E-state index < -0.39 is 0 Å². The van der Waals surface area contributed by atoms with E-state index >= 15 is 0 Å². The Hall–Kier alpha value is -1.35. The van der Waals surface area contributed by atoms with Crippen LogP contribution in [0.25, 0.3) is 0 Å². The summed E-state index contributed by atoms with van der Waals surface area (Å²) in [4.78, 5) is 10.5. The Morgan fingerprint density at radius 3 is 2.44 bits per heavy atom. The van der Waals surface area contributed by atoms with Gasteiger partial charge in [-0.25, -0.2) is 0 Å². The Morgan fingerprint density at radius 2 is 1.89 bits per heavy atom. The maximum atomic E-state index is 10.5. The molecule has 0 aromatic heterocycles. The van der Waals surface area contributed by atoms with Crippen LogP contribution in [-0.4, -0.2) is 20.0 Å². The molecule has 0 aliphatic heterocycles. The van der Waals surface area contributed by atoms with Crippen molar-refractivity contribution < 1.29 is 14.3 Å². The number of ether oxygens (including phenoxy) is 2. The first kappa shape index (κ1) is 14.7. The minimum Gasteiger partial charge on any atom is -0.497 e. The molecule has 1 rings (SSSR count). The van der Waals surface area contributed by atoms with Gasteiger partial charge >= 0.3 is 0 Å². The van der Waals surface area contributed by atoms with Gasteiger partial charge in [0.1, 0.15) is 12.0 Å². The molecule has 0 N–H and O–H groups in total. The van der Waals surface area contributed by atoms with Gasteiger partial charge in [-0.2, -0.15) is 0 Å². The first-order valence-corrected chi connectivity index (χ1v) is 6.31. The first-order valence-electron chi connectivity index (χ1n) is 6.31. The number of rotatable bonds is 8. The summed E-state index contributed by atoms with van der Waals surface area (Å²) >= 11 is 0. The third-order valence-corrected chi connectivity index (χ3v) is 2.84. The minimum absolute atomic E-state index is 0.115. The van der Waals surface area contributed by atoms with Crippen molar-refractivity contribution in [2.45, 2.75) is 26.9 Å². The fraction of sp³-hybridized carbons (Fsp3) is 0.533. The Kier molecular flexibility index (Phi) is 6.44. The highest BCUT2D eigenvalue weighted by atomic mass is 16.5. The molecule has 0 aliphatic carbocycles. The summed E-state index contributed by atoms with van der Waals surface area (Å²) in [5.41, 5.74) is 1.13. The van der Waals surface area contributed by atoms with Crippen LogP contribution in [-0.2, 0) is 16.1 Å². The van der Waals surface area contributed by atoms with E-state index in [1.807, 2.05) is 31.2 Å². The molecule has 0 bridgehead atoms.